The van der Waals surface area contributed by atoms with Crippen LogP contribution in [-0.4, -0.2) is 24.5 Å². The maximum Gasteiger partial charge on any atom is 0.343 e. The smallest absolute Gasteiger partial charge is 0.343 e. The van der Waals surface area contributed by atoms with E-state index >= 15 is 0 Å². The Hall–Kier alpha value is -3.10. The van der Waals surface area contributed by atoms with E-state index < -0.39 is 5.97 Å². The van der Waals surface area contributed by atoms with Gasteiger partial charge >= 0.3 is 5.97 Å². The summed E-state index contributed by atoms with van der Waals surface area (Å²) in [6.45, 7) is 0. The summed E-state index contributed by atoms with van der Waals surface area (Å²) in [5, 5.41) is 8.42. The molecular weight excluding hydrogens is 478 g/mol. The van der Waals surface area contributed by atoms with Crippen LogP contribution in [0, 0.1) is 0 Å². The fourth-order valence-corrected chi connectivity index (χ4v) is 3.70. The normalized spacial score (nSPS) is 11.5. The number of rotatable bonds is 7. The predicted molar refractivity (Wildman–Crippen MR) is 129 cm³/mol. The lowest BCUT2D eigenvalue weighted by atomic mass is 10.2. The molecule has 31 heavy (non-hydrogen) atoms. The van der Waals surface area contributed by atoms with E-state index in [1.165, 1.54) is 18.9 Å². The van der Waals surface area contributed by atoms with E-state index in [-0.39, 0.29) is 5.75 Å². The zero-order valence-corrected chi connectivity index (χ0v) is 19.1. The summed E-state index contributed by atoms with van der Waals surface area (Å²) in [5.74, 6) is 0.909. The van der Waals surface area contributed by atoms with Crippen LogP contribution in [0.2, 0.25) is 0 Å². The standard InChI is InChI=1S/C23H20BrN3O3S/c1-29-20-13-17(14-26-27-23(25)31-15-16-8-4-2-5-9-16)12-19(24)21(20)30-22(28)18-10-6-3-7-11-18/h2-14H,15H2,1H3,(H2,25,27). The summed E-state index contributed by atoms with van der Waals surface area (Å²) in [6, 6.07) is 22.2. The number of carbonyl (C=O) groups excluding carboxylic acids is 1. The monoisotopic (exact) mass is 497 g/mol. The number of methoxy groups -OCH3 is 1. The van der Waals surface area contributed by atoms with E-state index in [2.05, 4.69) is 26.1 Å². The molecule has 3 aromatic carbocycles. The van der Waals surface area contributed by atoms with Gasteiger partial charge in [-0.1, -0.05) is 60.3 Å². The van der Waals surface area contributed by atoms with Crippen LogP contribution in [0.15, 0.2) is 87.5 Å². The summed E-state index contributed by atoms with van der Waals surface area (Å²) in [7, 11) is 1.50. The van der Waals surface area contributed by atoms with Crippen LogP contribution >= 0.6 is 27.7 Å². The number of thioether (sulfide) groups is 1. The first-order valence-electron chi connectivity index (χ1n) is 9.25. The molecule has 3 rings (SSSR count). The molecule has 3 aromatic rings. The first-order chi connectivity index (χ1) is 15.1. The topological polar surface area (TPSA) is 86.3 Å². The molecule has 6 nitrogen and oxygen atoms in total. The molecule has 0 unspecified atom stereocenters. The number of hydrogen-bond donors (Lipinski definition) is 1. The third-order valence-corrected chi connectivity index (χ3v) is 5.49. The van der Waals surface area contributed by atoms with Crippen LogP contribution in [0.4, 0.5) is 0 Å². The summed E-state index contributed by atoms with van der Waals surface area (Å²) in [5.41, 5.74) is 8.22. The highest BCUT2D eigenvalue weighted by atomic mass is 79.9. The highest BCUT2D eigenvalue weighted by Crippen LogP contribution is 2.36. The van der Waals surface area contributed by atoms with Gasteiger partial charge in [0.1, 0.15) is 0 Å². The Morgan fingerprint density at radius 2 is 1.77 bits per heavy atom. The lowest BCUT2D eigenvalue weighted by molar-refractivity contribution is 0.0728. The minimum Gasteiger partial charge on any atom is -0.493 e. The van der Waals surface area contributed by atoms with Gasteiger partial charge in [-0.25, -0.2) is 4.79 Å². The number of halogens is 1. The van der Waals surface area contributed by atoms with Gasteiger partial charge in [0.2, 0.25) is 0 Å². The number of benzene rings is 3. The molecule has 0 fully saturated rings. The van der Waals surface area contributed by atoms with Crippen molar-refractivity contribution >= 4 is 45.0 Å². The molecule has 0 bridgehead atoms. The first-order valence-corrected chi connectivity index (χ1v) is 11.0. The van der Waals surface area contributed by atoms with Gasteiger partial charge in [0.25, 0.3) is 0 Å². The van der Waals surface area contributed by atoms with Gasteiger partial charge < -0.3 is 15.2 Å². The second-order valence-electron chi connectivity index (χ2n) is 6.25. The number of ether oxygens (including phenoxy) is 2. The Labute approximate surface area is 193 Å². The van der Waals surface area contributed by atoms with E-state index in [1.54, 1.807) is 42.6 Å². The molecule has 0 radical (unpaired) electrons. The van der Waals surface area contributed by atoms with Crippen molar-refractivity contribution in [3.63, 3.8) is 0 Å². The van der Waals surface area contributed by atoms with Crippen molar-refractivity contribution in [1.29, 1.82) is 0 Å². The number of nitrogens with two attached hydrogens (primary N) is 1. The number of amidine groups is 1. The van der Waals surface area contributed by atoms with E-state index in [4.69, 9.17) is 15.2 Å². The molecule has 0 aromatic heterocycles. The molecule has 8 heteroatoms. The third-order valence-electron chi connectivity index (χ3n) is 4.05. The minimum atomic E-state index is -0.478. The molecular formula is C23H20BrN3O3S. The molecule has 0 saturated heterocycles. The zero-order valence-electron chi connectivity index (χ0n) is 16.7. The average molecular weight is 498 g/mol. The average Bonchev–Trinajstić information content (AvgIpc) is 2.80. The van der Waals surface area contributed by atoms with Crippen LogP contribution in [0.3, 0.4) is 0 Å². The molecule has 158 valence electrons. The van der Waals surface area contributed by atoms with Crippen molar-refractivity contribution in [1.82, 2.24) is 0 Å². The fraction of sp³-hybridized carbons (Fsp3) is 0.0870. The second kappa shape index (κ2) is 11.3. The van der Waals surface area contributed by atoms with Gasteiger partial charge in [-0.15, -0.1) is 5.10 Å². The van der Waals surface area contributed by atoms with Crippen LogP contribution in [0.1, 0.15) is 21.5 Å². The number of esters is 1. The van der Waals surface area contributed by atoms with E-state index in [0.717, 1.165) is 5.56 Å². The Bertz CT molecular complexity index is 1090. The van der Waals surface area contributed by atoms with Crippen molar-refractivity contribution in [3.8, 4) is 11.5 Å². The maximum atomic E-state index is 12.4. The van der Waals surface area contributed by atoms with Gasteiger partial charge in [0, 0.05) is 5.75 Å². The predicted octanol–water partition coefficient (Wildman–Crippen LogP) is 5.26. The summed E-state index contributed by atoms with van der Waals surface area (Å²) < 4.78 is 11.5. The van der Waals surface area contributed by atoms with Gasteiger partial charge in [0.05, 0.1) is 23.4 Å². The number of nitrogens with zero attached hydrogens (tertiary/aromatic N) is 2. The molecule has 0 spiro atoms. The van der Waals surface area contributed by atoms with Gasteiger partial charge in [-0.05, 0) is 51.3 Å². The van der Waals surface area contributed by atoms with Crippen molar-refractivity contribution < 1.29 is 14.3 Å². The maximum absolute atomic E-state index is 12.4. The Balaban J connectivity index is 1.68. The Kier molecular flexibility index (Phi) is 8.26. The minimum absolute atomic E-state index is 0.287. The van der Waals surface area contributed by atoms with Crippen molar-refractivity contribution in [2.75, 3.05) is 7.11 Å². The third kappa shape index (κ3) is 6.70. The van der Waals surface area contributed by atoms with Crippen molar-refractivity contribution in [3.05, 3.63) is 94.0 Å². The first kappa shape index (κ1) is 22.6. The lowest BCUT2D eigenvalue weighted by Crippen LogP contribution is -2.09. The largest absolute Gasteiger partial charge is 0.493 e. The number of carbonyl (C=O) groups is 1. The van der Waals surface area contributed by atoms with Gasteiger partial charge in [-0.2, -0.15) is 5.10 Å². The Morgan fingerprint density at radius 1 is 1.10 bits per heavy atom. The van der Waals surface area contributed by atoms with Crippen molar-refractivity contribution in [2.24, 2.45) is 15.9 Å². The highest BCUT2D eigenvalue weighted by molar-refractivity contribution is 9.10. The molecule has 0 heterocycles. The quantitative estimate of drug-likeness (QED) is 0.158. The van der Waals surface area contributed by atoms with Gasteiger partial charge in [0.15, 0.2) is 16.7 Å². The van der Waals surface area contributed by atoms with Crippen LogP contribution in [0.5, 0.6) is 11.5 Å². The fourth-order valence-electron chi connectivity index (χ4n) is 2.55. The molecule has 0 aliphatic heterocycles. The van der Waals surface area contributed by atoms with E-state index in [9.17, 15) is 4.79 Å². The summed E-state index contributed by atoms with van der Waals surface area (Å²) in [4.78, 5) is 12.4. The van der Waals surface area contributed by atoms with Crippen LogP contribution in [0.25, 0.3) is 0 Å². The number of hydrogen-bond acceptors (Lipinski definition) is 6. The van der Waals surface area contributed by atoms with Crippen molar-refractivity contribution in [2.45, 2.75) is 5.75 Å². The molecule has 0 atom stereocenters. The SMILES string of the molecule is COc1cc(C=NN=C(N)SCc2ccccc2)cc(Br)c1OC(=O)c1ccccc1. The van der Waals surface area contributed by atoms with E-state index in [1.807, 2.05) is 36.4 Å². The Morgan fingerprint density at radius 3 is 2.45 bits per heavy atom. The molecule has 0 aliphatic carbocycles. The lowest BCUT2D eigenvalue weighted by Gasteiger charge is -2.12. The van der Waals surface area contributed by atoms with Crippen LogP contribution < -0.4 is 15.2 Å². The molecule has 0 amide bonds. The second-order valence-corrected chi connectivity index (χ2v) is 8.10. The van der Waals surface area contributed by atoms with Crippen LogP contribution in [-0.2, 0) is 5.75 Å². The highest BCUT2D eigenvalue weighted by Gasteiger charge is 2.16. The molecule has 2 N–H and O–H groups in total. The summed E-state index contributed by atoms with van der Waals surface area (Å²) >= 11 is 4.83. The molecule has 0 saturated carbocycles. The zero-order chi connectivity index (χ0) is 22.1. The summed E-state index contributed by atoms with van der Waals surface area (Å²) in [6.07, 6.45) is 1.55. The van der Waals surface area contributed by atoms with Gasteiger partial charge in [-0.3, -0.25) is 0 Å². The molecule has 0 aliphatic rings. The van der Waals surface area contributed by atoms with E-state index in [0.29, 0.717) is 32.3 Å².